The minimum absolute atomic E-state index is 0.370. The largest absolute Gasteiger partial charge is 0.434 e. The average molecular weight is 404 g/mol. The molecule has 1 aromatic heterocycles. The fourth-order valence-electron chi connectivity index (χ4n) is 3.91. The van der Waals surface area contributed by atoms with Crippen molar-refractivity contribution in [3.05, 3.63) is 16.1 Å². The van der Waals surface area contributed by atoms with Gasteiger partial charge in [-0.05, 0) is 25.2 Å². The molecule has 2 heterocycles. The minimum atomic E-state index is -4.37. The van der Waals surface area contributed by atoms with Crippen molar-refractivity contribution in [2.45, 2.75) is 50.7 Å². The Morgan fingerprint density at radius 1 is 1.33 bits per heavy atom. The number of aromatic nitrogens is 1. The summed E-state index contributed by atoms with van der Waals surface area (Å²) in [5, 5.41) is 8.17. The topological polar surface area (TPSA) is 52.6 Å². The molecule has 1 aromatic rings. The van der Waals surface area contributed by atoms with Gasteiger partial charge < -0.3 is 15.5 Å². The SMILES string of the molecule is CN=C(NCCc1nc(C(F)(F)F)cs1)NC1CCN(CC2CCCC2)C1. The highest BCUT2D eigenvalue weighted by molar-refractivity contribution is 7.09. The second-order valence-electron chi connectivity index (χ2n) is 7.41. The van der Waals surface area contributed by atoms with Crippen LogP contribution in [-0.2, 0) is 12.6 Å². The zero-order valence-corrected chi connectivity index (χ0v) is 16.5. The Kier molecular flexibility index (Phi) is 6.97. The molecule has 9 heteroatoms. The molecule has 2 N–H and O–H groups in total. The van der Waals surface area contributed by atoms with Gasteiger partial charge in [0.05, 0.1) is 5.01 Å². The summed E-state index contributed by atoms with van der Waals surface area (Å²) >= 11 is 1.05. The standard InChI is InChI=1S/C18H28F3N5S/c1-22-17(23-8-6-16-25-15(12-27-16)18(19,20)21)24-14-7-9-26(11-14)10-13-4-2-3-5-13/h12-14H,2-11H2,1H3,(H2,22,23,24). The lowest BCUT2D eigenvalue weighted by molar-refractivity contribution is -0.140. The number of hydrogen-bond acceptors (Lipinski definition) is 4. The van der Waals surface area contributed by atoms with Gasteiger partial charge in [0.2, 0.25) is 0 Å². The summed E-state index contributed by atoms with van der Waals surface area (Å²) in [4.78, 5) is 10.4. The average Bonchev–Trinajstić information content (AvgIpc) is 3.36. The fraction of sp³-hybridized carbons (Fsp3) is 0.778. The smallest absolute Gasteiger partial charge is 0.356 e. The zero-order chi connectivity index (χ0) is 19.3. The molecule has 2 fully saturated rings. The number of thiazole rings is 1. The second kappa shape index (κ2) is 9.23. The Labute approximate surface area is 162 Å². The van der Waals surface area contributed by atoms with E-state index < -0.39 is 11.9 Å². The number of likely N-dealkylation sites (tertiary alicyclic amines) is 1. The van der Waals surface area contributed by atoms with E-state index in [9.17, 15) is 13.2 Å². The first-order valence-corrected chi connectivity index (χ1v) is 10.5. The Balaban J connectivity index is 1.37. The third kappa shape index (κ3) is 6.07. The molecule has 5 nitrogen and oxygen atoms in total. The van der Waals surface area contributed by atoms with Gasteiger partial charge in [0.1, 0.15) is 0 Å². The molecule has 2 aliphatic rings. The van der Waals surface area contributed by atoms with E-state index >= 15 is 0 Å². The minimum Gasteiger partial charge on any atom is -0.356 e. The van der Waals surface area contributed by atoms with Crippen molar-refractivity contribution < 1.29 is 13.2 Å². The summed E-state index contributed by atoms with van der Waals surface area (Å²) < 4.78 is 37.8. The number of halogens is 3. The summed E-state index contributed by atoms with van der Waals surface area (Å²) in [6.45, 7) is 3.85. The Bertz CT molecular complexity index is 625. The zero-order valence-electron chi connectivity index (χ0n) is 15.7. The van der Waals surface area contributed by atoms with Gasteiger partial charge in [-0.15, -0.1) is 11.3 Å². The van der Waals surface area contributed by atoms with Crippen molar-refractivity contribution in [1.82, 2.24) is 20.5 Å². The van der Waals surface area contributed by atoms with Gasteiger partial charge in [0.15, 0.2) is 11.7 Å². The number of nitrogens with zero attached hydrogens (tertiary/aromatic N) is 3. The summed E-state index contributed by atoms with van der Waals surface area (Å²) in [5.74, 6) is 1.57. The van der Waals surface area contributed by atoms with E-state index in [2.05, 4.69) is 25.5 Å². The first kappa shape index (κ1) is 20.4. The van der Waals surface area contributed by atoms with Crippen LogP contribution < -0.4 is 10.6 Å². The molecule has 1 saturated heterocycles. The molecule has 1 unspecified atom stereocenters. The van der Waals surface area contributed by atoms with Gasteiger partial charge in [0, 0.05) is 51.1 Å². The van der Waals surface area contributed by atoms with E-state index in [1.807, 2.05) is 0 Å². The highest BCUT2D eigenvalue weighted by atomic mass is 32.1. The van der Waals surface area contributed by atoms with Gasteiger partial charge in [0.25, 0.3) is 0 Å². The van der Waals surface area contributed by atoms with E-state index in [0.717, 1.165) is 42.1 Å². The summed E-state index contributed by atoms with van der Waals surface area (Å²) in [6, 6.07) is 0.370. The molecule has 0 amide bonds. The first-order valence-electron chi connectivity index (χ1n) is 9.65. The van der Waals surface area contributed by atoms with Crippen molar-refractivity contribution in [3.63, 3.8) is 0 Å². The predicted molar refractivity (Wildman–Crippen MR) is 102 cm³/mol. The molecular formula is C18H28F3N5S. The molecule has 0 aromatic carbocycles. The lowest BCUT2D eigenvalue weighted by Crippen LogP contribution is -2.45. The molecule has 152 valence electrons. The maximum Gasteiger partial charge on any atom is 0.434 e. The third-order valence-electron chi connectivity index (χ3n) is 5.30. The molecule has 27 heavy (non-hydrogen) atoms. The number of rotatable bonds is 6. The fourth-order valence-corrected chi connectivity index (χ4v) is 4.71. The summed E-state index contributed by atoms with van der Waals surface area (Å²) in [5.41, 5.74) is -0.807. The Morgan fingerprint density at radius 2 is 2.11 bits per heavy atom. The van der Waals surface area contributed by atoms with Crippen LogP contribution in [0.15, 0.2) is 10.4 Å². The van der Waals surface area contributed by atoms with Gasteiger partial charge >= 0.3 is 6.18 Å². The molecular weight excluding hydrogens is 375 g/mol. The van der Waals surface area contributed by atoms with Crippen LogP contribution in [0.5, 0.6) is 0 Å². The second-order valence-corrected chi connectivity index (χ2v) is 8.36. The van der Waals surface area contributed by atoms with Crippen LogP contribution >= 0.6 is 11.3 Å². The van der Waals surface area contributed by atoms with E-state index in [1.54, 1.807) is 7.05 Å². The van der Waals surface area contributed by atoms with Crippen LogP contribution in [0.2, 0.25) is 0 Å². The van der Waals surface area contributed by atoms with Crippen molar-refractivity contribution in [3.8, 4) is 0 Å². The number of alkyl halides is 3. The van der Waals surface area contributed by atoms with Crippen LogP contribution in [0, 0.1) is 5.92 Å². The molecule has 1 atom stereocenters. The molecule has 3 rings (SSSR count). The predicted octanol–water partition coefficient (Wildman–Crippen LogP) is 3.13. The van der Waals surface area contributed by atoms with Crippen molar-refractivity contribution in [2.75, 3.05) is 33.2 Å². The van der Waals surface area contributed by atoms with E-state index in [1.165, 1.54) is 32.2 Å². The lowest BCUT2D eigenvalue weighted by atomic mass is 10.1. The maximum absolute atomic E-state index is 12.6. The van der Waals surface area contributed by atoms with Crippen LogP contribution in [0.4, 0.5) is 13.2 Å². The number of guanidine groups is 1. The van der Waals surface area contributed by atoms with E-state index in [4.69, 9.17) is 0 Å². The molecule has 1 saturated carbocycles. The third-order valence-corrected chi connectivity index (χ3v) is 6.21. The highest BCUT2D eigenvalue weighted by Gasteiger charge is 2.33. The monoisotopic (exact) mass is 403 g/mol. The quantitative estimate of drug-likeness (QED) is 0.566. The first-order chi connectivity index (χ1) is 12.9. The van der Waals surface area contributed by atoms with Crippen LogP contribution in [0.1, 0.15) is 42.8 Å². The van der Waals surface area contributed by atoms with E-state index in [0.29, 0.717) is 30.0 Å². The van der Waals surface area contributed by atoms with Crippen molar-refractivity contribution >= 4 is 17.3 Å². The van der Waals surface area contributed by atoms with Crippen LogP contribution in [0.25, 0.3) is 0 Å². The molecule has 0 bridgehead atoms. The molecule has 0 radical (unpaired) electrons. The van der Waals surface area contributed by atoms with Gasteiger partial charge in [-0.3, -0.25) is 4.99 Å². The summed E-state index contributed by atoms with van der Waals surface area (Å²) in [6.07, 6.45) is 2.65. The van der Waals surface area contributed by atoms with Crippen LogP contribution in [-0.4, -0.2) is 55.1 Å². The van der Waals surface area contributed by atoms with Gasteiger partial charge in [-0.1, -0.05) is 12.8 Å². The lowest BCUT2D eigenvalue weighted by Gasteiger charge is -2.21. The van der Waals surface area contributed by atoms with Gasteiger partial charge in [-0.2, -0.15) is 13.2 Å². The van der Waals surface area contributed by atoms with Crippen LogP contribution in [0.3, 0.4) is 0 Å². The summed E-state index contributed by atoms with van der Waals surface area (Å²) in [7, 11) is 1.71. The van der Waals surface area contributed by atoms with E-state index in [-0.39, 0.29) is 0 Å². The molecule has 0 spiro atoms. The number of hydrogen-bond donors (Lipinski definition) is 2. The van der Waals surface area contributed by atoms with Gasteiger partial charge in [-0.25, -0.2) is 4.98 Å². The Hall–Kier alpha value is -1.35. The number of nitrogens with one attached hydrogen (secondary N) is 2. The maximum atomic E-state index is 12.6. The molecule has 1 aliphatic carbocycles. The van der Waals surface area contributed by atoms with Crippen molar-refractivity contribution in [2.24, 2.45) is 10.9 Å². The Morgan fingerprint density at radius 3 is 2.78 bits per heavy atom. The number of aliphatic imine (C=N–C) groups is 1. The van der Waals surface area contributed by atoms with Crippen molar-refractivity contribution in [1.29, 1.82) is 0 Å². The highest BCUT2D eigenvalue weighted by Crippen LogP contribution is 2.30. The molecule has 1 aliphatic heterocycles. The normalized spacial score (nSPS) is 22.5.